The fourth-order valence-corrected chi connectivity index (χ4v) is 4.90. The molecule has 0 unspecified atom stereocenters. The highest BCUT2D eigenvalue weighted by molar-refractivity contribution is 7.22. The van der Waals surface area contributed by atoms with Crippen LogP contribution in [0.2, 0.25) is 0 Å². The van der Waals surface area contributed by atoms with Crippen LogP contribution in [-0.4, -0.2) is 61.0 Å². The lowest BCUT2D eigenvalue weighted by Gasteiger charge is -2.41. The molecule has 0 saturated carbocycles. The first-order valence-corrected chi connectivity index (χ1v) is 10.7. The Morgan fingerprint density at radius 3 is 2.77 bits per heavy atom. The number of hydrogen-bond acceptors (Lipinski definition) is 8. The maximum absolute atomic E-state index is 13.6. The molecular formula is C22H25N3O5S. The van der Waals surface area contributed by atoms with E-state index in [1.165, 1.54) is 11.3 Å². The highest BCUT2D eigenvalue weighted by atomic mass is 32.1. The first kappa shape index (κ1) is 21.4. The van der Waals surface area contributed by atoms with Crippen LogP contribution < -0.4 is 15.2 Å². The summed E-state index contributed by atoms with van der Waals surface area (Å²) in [5.74, 6) is 0.996. The Balaban J connectivity index is 1.75. The number of morpholine rings is 1. The van der Waals surface area contributed by atoms with Gasteiger partial charge >= 0.3 is 0 Å². The largest absolute Gasteiger partial charge is 0.493 e. The Kier molecular flexibility index (Phi) is 5.99. The van der Waals surface area contributed by atoms with E-state index in [1.54, 1.807) is 25.2 Å². The molecule has 2 heterocycles. The number of methoxy groups -OCH3 is 2. The molecule has 1 aliphatic rings. The molecule has 1 aromatic heterocycles. The minimum absolute atomic E-state index is 0.140. The molecule has 0 spiro atoms. The number of carbonyl (C=O) groups is 1. The van der Waals surface area contributed by atoms with Crippen LogP contribution in [0.5, 0.6) is 11.5 Å². The first-order chi connectivity index (χ1) is 15.0. The third-order valence-corrected chi connectivity index (χ3v) is 6.32. The number of benzene rings is 2. The van der Waals surface area contributed by atoms with Gasteiger partial charge in [-0.1, -0.05) is 17.4 Å². The quantitative estimate of drug-likeness (QED) is 0.624. The van der Waals surface area contributed by atoms with E-state index in [1.807, 2.05) is 31.2 Å². The molecule has 3 N–H and O–H groups in total. The first-order valence-electron chi connectivity index (χ1n) is 9.88. The van der Waals surface area contributed by atoms with E-state index in [0.717, 1.165) is 21.3 Å². The van der Waals surface area contributed by atoms with Gasteiger partial charge in [0.1, 0.15) is 6.10 Å². The van der Waals surface area contributed by atoms with E-state index < -0.39 is 12.1 Å². The van der Waals surface area contributed by atoms with Crippen molar-refractivity contribution in [2.75, 3.05) is 39.7 Å². The van der Waals surface area contributed by atoms with Crippen molar-refractivity contribution in [3.63, 3.8) is 0 Å². The number of hydrogen-bond donors (Lipinski definition) is 2. The van der Waals surface area contributed by atoms with Crippen molar-refractivity contribution in [3.05, 3.63) is 47.0 Å². The number of anilines is 1. The molecule has 31 heavy (non-hydrogen) atoms. The van der Waals surface area contributed by atoms with Crippen LogP contribution in [0.1, 0.15) is 27.5 Å². The highest BCUT2D eigenvalue weighted by Gasteiger charge is 2.37. The zero-order valence-corrected chi connectivity index (χ0v) is 18.4. The summed E-state index contributed by atoms with van der Waals surface area (Å²) in [4.78, 5) is 19.7. The summed E-state index contributed by atoms with van der Waals surface area (Å²) in [7, 11) is 3.13. The van der Waals surface area contributed by atoms with Crippen molar-refractivity contribution in [3.8, 4) is 11.5 Å². The lowest BCUT2D eigenvalue weighted by molar-refractivity contribution is -0.0811. The topological polar surface area (TPSA) is 107 Å². The number of ether oxygens (including phenoxy) is 3. The van der Waals surface area contributed by atoms with Crippen LogP contribution in [0.25, 0.3) is 10.2 Å². The Bertz CT molecular complexity index is 1120. The van der Waals surface area contributed by atoms with Gasteiger partial charge in [0.2, 0.25) is 0 Å². The Morgan fingerprint density at radius 2 is 2.06 bits per heavy atom. The third kappa shape index (κ3) is 3.91. The Morgan fingerprint density at radius 1 is 1.29 bits per heavy atom. The van der Waals surface area contributed by atoms with E-state index >= 15 is 0 Å². The van der Waals surface area contributed by atoms with Crippen molar-refractivity contribution < 1.29 is 24.1 Å². The standard InChI is InChI=1S/C22H25N3O5S/c1-12-8-14(10-18-19(12)24-22(23)31-18)21(27)25-6-7-30-17(11-26)20(25)13-4-5-15(28-2)16(9-13)29-3/h4-5,8-10,17,20,26H,6-7,11H2,1-3H3,(H2,23,24)/t17-,20-/m0/s1. The summed E-state index contributed by atoms with van der Waals surface area (Å²) >= 11 is 1.36. The van der Waals surface area contributed by atoms with Gasteiger partial charge in [0.05, 0.1) is 43.7 Å². The summed E-state index contributed by atoms with van der Waals surface area (Å²) in [5, 5.41) is 10.4. The number of nitrogen functional groups attached to an aromatic ring is 1. The van der Waals surface area contributed by atoms with Crippen molar-refractivity contribution in [1.29, 1.82) is 0 Å². The van der Waals surface area contributed by atoms with Gasteiger partial charge < -0.3 is 30.0 Å². The highest BCUT2D eigenvalue weighted by Crippen LogP contribution is 2.37. The molecule has 164 valence electrons. The molecule has 4 rings (SSSR count). The molecule has 1 saturated heterocycles. The van der Waals surface area contributed by atoms with Gasteiger partial charge in [0, 0.05) is 12.1 Å². The monoisotopic (exact) mass is 443 g/mol. The third-order valence-electron chi connectivity index (χ3n) is 5.49. The molecule has 2 atom stereocenters. The van der Waals surface area contributed by atoms with Crippen LogP contribution in [0.3, 0.4) is 0 Å². The number of aromatic nitrogens is 1. The molecule has 1 fully saturated rings. The second-order valence-corrected chi connectivity index (χ2v) is 8.40. The van der Waals surface area contributed by atoms with E-state index in [0.29, 0.717) is 35.3 Å². The van der Waals surface area contributed by atoms with Gasteiger partial charge in [-0.25, -0.2) is 4.98 Å². The van der Waals surface area contributed by atoms with Crippen LogP contribution in [0.15, 0.2) is 30.3 Å². The van der Waals surface area contributed by atoms with Gasteiger partial charge in [0.15, 0.2) is 16.6 Å². The fraction of sp³-hybridized carbons (Fsp3) is 0.364. The number of aryl methyl sites for hydroxylation is 1. The number of amides is 1. The molecule has 1 aliphatic heterocycles. The lowest BCUT2D eigenvalue weighted by Crippen LogP contribution is -2.49. The lowest BCUT2D eigenvalue weighted by atomic mass is 9.96. The van der Waals surface area contributed by atoms with Crippen molar-refractivity contribution in [1.82, 2.24) is 9.88 Å². The molecule has 3 aromatic rings. The van der Waals surface area contributed by atoms with Gasteiger partial charge in [-0.15, -0.1) is 0 Å². The molecular weight excluding hydrogens is 418 g/mol. The number of thiazole rings is 1. The van der Waals surface area contributed by atoms with Gasteiger partial charge in [0.25, 0.3) is 5.91 Å². The summed E-state index contributed by atoms with van der Waals surface area (Å²) in [6.45, 7) is 2.44. The molecule has 0 bridgehead atoms. The second-order valence-electron chi connectivity index (χ2n) is 7.34. The minimum atomic E-state index is -0.556. The maximum Gasteiger partial charge on any atom is 0.254 e. The summed E-state index contributed by atoms with van der Waals surface area (Å²) in [5.41, 5.74) is 8.91. The average molecular weight is 444 g/mol. The number of nitrogens with zero attached hydrogens (tertiary/aromatic N) is 2. The van der Waals surface area contributed by atoms with Crippen molar-refractivity contribution >= 4 is 32.6 Å². The van der Waals surface area contributed by atoms with Crippen LogP contribution in [0, 0.1) is 6.92 Å². The maximum atomic E-state index is 13.6. The number of aliphatic hydroxyl groups is 1. The van der Waals surface area contributed by atoms with E-state index in [2.05, 4.69) is 4.98 Å². The number of carbonyl (C=O) groups excluding carboxylic acids is 1. The normalized spacial score (nSPS) is 18.9. The number of fused-ring (bicyclic) bond motifs is 1. The smallest absolute Gasteiger partial charge is 0.254 e. The predicted molar refractivity (Wildman–Crippen MR) is 119 cm³/mol. The Labute approximate surface area is 184 Å². The number of rotatable bonds is 5. The fourth-order valence-electron chi connectivity index (χ4n) is 4.05. The molecule has 1 amide bonds. The number of nitrogens with two attached hydrogens (primary N) is 1. The summed E-state index contributed by atoms with van der Waals surface area (Å²) in [6.07, 6.45) is -0.556. The van der Waals surface area contributed by atoms with E-state index in [-0.39, 0.29) is 12.5 Å². The summed E-state index contributed by atoms with van der Waals surface area (Å²) < 4.78 is 17.4. The van der Waals surface area contributed by atoms with Gasteiger partial charge in [-0.3, -0.25) is 4.79 Å². The zero-order valence-electron chi connectivity index (χ0n) is 17.6. The molecule has 9 heteroatoms. The molecule has 0 radical (unpaired) electrons. The van der Waals surface area contributed by atoms with Crippen molar-refractivity contribution in [2.45, 2.75) is 19.1 Å². The second kappa shape index (κ2) is 8.70. The van der Waals surface area contributed by atoms with E-state index in [9.17, 15) is 9.90 Å². The van der Waals surface area contributed by atoms with Crippen LogP contribution in [0.4, 0.5) is 5.13 Å². The molecule has 0 aliphatic carbocycles. The zero-order chi connectivity index (χ0) is 22.1. The predicted octanol–water partition coefficient (Wildman–Crippen LogP) is 2.78. The van der Waals surface area contributed by atoms with Crippen molar-refractivity contribution in [2.24, 2.45) is 0 Å². The van der Waals surface area contributed by atoms with E-state index in [4.69, 9.17) is 19.9 Å². The number of aliphatic hydroxyl groups excluding tert-OH is 1. The van der Waals surface area contributed by atoms with Crippen LogP contribution >= 0.6 is 11.3 Å². The Hall–Kier alpha value is -2.88. The molecule has 8 nitrogen and oxygen atoms in total. The minimum Gasteiger partial charge on any atom is -0.493 e. The van der Waals surface area contributed by atoms with Gasteiger partial charge in [-0.05, 0) is 42.3 Å². The van der Waals surface area contributed by atoms with Crippen LogP contribution in [-0.2, 0) is 4.74 Å². The molecule has 2 aromatic carbocycles. The average Bonchev–Trinajstić information content (AvgIpc) is 3.18. The SMILES string of the molecule is COc1ccc([C@H]2[C@H](CO)OCCN2C(=O)c2cc(C)c3nc(N)sc3c2)cc1OC. The summed E-state index contributed by atoms with van der Waals surface area (Å²) in [6, 6.07) is 8.65. The van der Waals surface area contributed by atoms with Gasteiger partial charge in [-0.2, -0.15) is 0 Å².